The summed E-state index contributed by atoms with van der Waals surface area (Å²) in [5.74, 6) is 0.443. The molecule has 1 aromatic heterocycles. The monoisotopic (exact) mass is 349 g/mol. The number of aryl methyl sites for hydroxylation is 1. The van der Waals surface area contributed by atoms with Gasteiger partial charge >= 0.3 is 5.97 Å². The third-order valence-electron chi connectivity index (χ3n) is 4.33. The number of anilines is 2. The fraction of sp³-hybridized carbons (Fsp3) is 0.238. The molecule has 3 N–H and O–H groups in total. The highest BCUT2D eigenvalue weighted by Gasteiger charge is 2.14. The molecule has 0 spiro atoms. The number of fused-ring (bicyclic) bond motifs is 1. The van der Waals surface area contributed by atoms with Crippen molar-refractivity contribution in [2.75, 3.05) is 12.4 Å². The van der Waals surface area contributed by atoms with Gasteiger partial charge in [-0.15, -0.1) is 0 Å². The van der Waals surface area contributed by atoms with Crippen molar-refractivity contribution in [3.05, 3.63) is 65.9 Å². The lowest BCUT2D eigenvalue weighted by molar-refractivity contribution is -0.142. The minimum atomic E-state index is -0.648. The summed E-state index contributed by atoms with van der Waals surface area (Å²) in [6.45, 7) is 2.10. The Bertz CT molecular complexity index is 907. The number of methoxy groups -OCH3 is 1. The van der Waals surface area contributed by atoms with Crippen LogP contribution in [0.15, 0.2) is 54.6 Å². The van der Waals surface area contributed by atoms with E-state index in [1.165, 1.54) is 12.5 Å². The molecule has 1 unspecified atom stereocenters. The summed E-state index contributed by atoms with van der Waals surface area (Å²) in [7, 11) is 1.34. The lowest BCUT2D eigenvalue weighted by atomic mass is 10.1. The van der Waals surface area contributed by atoms with Crippen LogP contribution in [0.3, 0.4) is 0 Å². The van der Waals surface area contributed by atoms with Crippen molar-refractivity contribution in [2.24, 2.45) is 5.73 Å². The van der Waals surface area contributed by atoms with Crippen molar-refractivity contribution in [3.63, 3.8) is 0 Å². The number of hydrogen-bond donors (Lipinski definition) is 2. The van der Waals surface area contributed by atoms with E-state index in [4.69, 9.17) is 10.7 Å². The summed E-state index contributed by atoms with van der Waals surface area (Å²) in [6.07, 6.45) is 1.32. The highest BCUT2D eigenvalue weighted by atomic mass is 16.5. The van der Waals surface area contributed by atoms with E-state index in [-0.39, 0.29) is 0 Å². The number of nitrogens with zero attached hydrogens (tertiary/aromatic N) is 1. The van der Waals surface area contributed by atoms with Gasteiger partial charge in [-0.1, -0.05) is 43.3 Å². The van der Waals surface area contributed by atoms with Crippen molar-refractivity contribution in [1.82, 2.24) is 4.98 Å². The molecule has 0 saturated heterocycles. The van der Waals surface area contributed by atoms with E-state index < -0.39 is 12.0 Å². The van der Waals surface area contributed by atoms with Crippen LogP contribution in [0.5, 0.6) is 0 Å². The van der Waals surface area contributed by atoms with Gasteiger partial charge in [-0.3, -0.25) is 4.79 Å². The Kier molecular flexibility index (Phi) is 5.49. The first-order valence-electron chi connectivity index (χ1n) is 8.68. The summed E-state index contributed by atoms with van der Waals surface area (Å²) in [4.78, 5) is 16.2. The van der Waals surface area contributed by atoms with Crippen LogP contribution < -0.4 is 11.1 Å². The minimum Gasteiger partial charge on any atom is -0.468 e. The van der Waals surface area contributed by atoms with Crippen LogP contribution in [0, 0.1) is 0 Å². The van der Waals surface area contributed by atoms with Gasteiger partial charge in [0.1, 0.15) is 11.9 Å². The molecule has 1 heterocycles. The first-order valence-corrected chi connectivity index (χ1v) is 8.68. The zero-order chi connectivity index (χ0) is 18.5. The van der Waals surface area contributed by atoms with Crippen LogP contribution in [0.2, 0.25) is 0 Å². The van der Waals surface area contributed by atoms with Gasteiger partial charge in [0.2, 0.25) is 0 Å². The number of ether oxygens (including phenoxy) is 1. The maximum Gasteiger partial charge on any atom is 0.322 e. The zero-order valence-corrected chi connectivity index (χ0v) is 15.0. The predicted octanol–water partition coefficient (Wildman–Crippen LogP) is 3.58. The lowest BCUT2D eigenvalue weighted by Gasteiger charge is -2.12. The third kappa shape index (κ3) is 4.00. The normalized spacial score (nSPS) is 12.0. The Hall–Kier alpha value is -2.92. The van der Waals surface area contributed by atoms with E-state index in [0.29, 0.717) is 6.42 Å². The molecule has 5 nitrogen and oxygen atoms in total. The van der Waals surface area contributed by atoms with E-state index in [1.807, 2.05) is 36.4 Å². The highest BCUT2D eigenvalue weighted by molar-refractivity contribution is 5.93. The van der Waals surface area contributed by atoms with Gasteiger partial charge in [-0.2, -0.15) is 0 Å². The van der Waals surface area contributed by atoms with Crippen molar-refractivity contribution >= 4 is 28.2 Å². The van der Waals surface area contributed by atoms with Gasteiger partial charge in [0, 0.05) is 16.8 Å². The fourth-order valence-electron chi connectivity index (χ4n) is 2.88. The van der Waals surface area contributed by atoms with Crippen molar-refractivity contribution in [3.8, 4) is 0 Å². The molecular weight excluding hydrogens is 326 g/mol. The number of nitrogens with two attached hydrogens (primary N) is 1. The lowest BCUT2D eigenvalue weighted by Crippen LogP contribution is -2.33. The molecular formula is C21H23N3O2. The number of pyridine rings is 1. The summed E-state index contributed by atoms with van der Waals surface area (Å²) in [5, 5.41) is 5.66. The van der Waals surface area contributed by atoms with Crippen LogP contribution in [-0.2, 0) is 22.4 Å². The zero-order valence-electron chi connectivity index (χ0n) is 15.0. The summed E-state index contributed by atoms with van der Waals surface area (Å²) in [5.41, 5.74) is 8.78. The standard InChI is InChI=1S/C21H23N3O2/c1-3-16-13-15-6-4-5-7-18(15)20(23-16)24-17-10-8-14(9-11-17)12-19(22)21(25)26-2/h4-11,13,19H,3,12,22H2,1-2H3,(H,23,24). The molecule has 3 aromatic rings. The van der Waals surface area contributed by atoms with Crippen LogP contribution in [0.25, 0.3) is 10.8 Å². The molecule has 0 aliphatic rings. The quantitative estimate of drug-likeness (QED) is 0.665. The second-order valence-corrected chi connectivity index (χ2v) is 6.19. The number of carbonyl (C=O) groups is 1. The van der Waals surface area contributed by atoms with Gasteiger partial charge < -0.3 is 15.8 Å². The predicted molar refractivity (Wildman–Crippen MR) is 105 cm³/mol. The summed E-state index contributed by atoms with van der Waals surface area (Å²) >= 11 is 0. The number of esters is 1. The molecule has 3 rings (SSSR count). The number of hydrogen-bond acceptors (Lipinski definition) is 5. The molecule has 0 aliphatic heterocycles. The second kappa shape index (κ2) is 7.97. The summed E-state index contributed by atoms with van der Waals surface area (Å²) in [6, 6.07) is 17.5. The van der Waals surface area contributed by atoms with Gasteiger partial charge in [-0.25, -0.2) is 4.98 Å². The van der Waals surface area contributed by atoms with Gasteiger partial charge in [0.25, 0.3) is 0 Å². The first kappa shape index (κ1) is 17.9. The van der Waals surface area contributed by atoms with Crippen LogP contribution in [-0.4, -0.2) is 24.1 Å². The number of nitrogens with one attached hydrogen (secondary N) is 1. The van der Waals surface area contributed by atoms with Crippen molar-refractivity contribution < 1.29 is 9.53 Å². The van der Waals surface area contributed by atoms with Crippen molar-refractivity contribution in [2.45, 2.75) is 25.8 Å². The largest absolute Gasteiger partial charge is 0.468 e. The first-order chi connectivity index (χ1) is 12.6. The minimum absolute atomic E-state index is 0.403. The molecule has 0 amide bonds. The van der Waals surface area contributed by atoms with E-state index in [9.17, 15) is 4.79 Å². The molecule has 0 aliphatic carbocycles. The molecule has 5 heteroatoms. The Morgan fingerprint density at radius 2 is 1.92 bits per heavy atom. The number of carbonyl (C=O) groups excluding carboxylic acids is 1. The number of aromatic nitrogens is 1. The summed E-state index contributed by atoms with van der Waals surface area (Å²) < 4.78 is 4.67. The van der Waals surface area contributed by atoms with Crippen LogP contribution in [0.1, 0.15) is 18.2 Å². The third-order valence-corrected chi connectivity index (χ3v) is 4.33. The number of rotatable bonds is 6. The average Bonchev–Trinajstić information content (AvgIpc) is 2.68. The van der Waals surface area contributed by atoms with E-state index in [0.717, 1.165) is 34.6 Å². The Labute approximate surface area is 153 Å². The van der Waals surface area contributed by atoms with E-state index >= 15 is 0 Å². The van der Waals surface area contributed by atoms with Crippen LogP contribution >= 0.6 is 0 Å². The van der Waals surface area contributed by atoms with Gasteiger partial charge in [0.05, 0.1) is 7.11 Å². The smallest absolute Gasteiger partial charge is 0.322 e. The molecule has 134 valence electrons. The molecule has 0 saturated carbocycles. The molecule has 26 heavy (non-hydrogen) atoms. The topological polar surface area (TPSA) is 77.2 Å². The van der Waals surface area contributed by atoms with Crippen LogP contribution in [0.4, 0.5) is 11.5 Å². The molecule has 0 fully saturated rings. The van der Waals surface area contributed by atoms with E-state index in [1.54, 1.807) is 0 Å². The Morgan fingerprint density at radius 3 is 2.62 bits per heavy atom. The SMILES string of the molecule is CCc1cc2ccccc2c(Nc2ccc(CC(N)C(=O)OC)cc2)n1. The maximum atomic E-state index is 11.4. The average molecular weight is 349 g/mol. The van der Waals surface area contributed by atoms with Gasteiger partial charge in [0.15, 0.2) is 0 Å². The van der Waals surface area contributed by atoms with Crippen molar-refractivity contribution in [1.29, 1.82) is 0 Å². The Morgan fingerprint density at radius 1 is 1.19 bits per heavy atom. The fourth-order valence-corrected chi connectivity index (χ4v) is 2.88. The maximum absolute atomic E-state index is 11.4. The molecule has 1 atom stereocenters. The highest BCUT2D eigenvalue weighted by Crippen LogP contribution is 2.26. The Balaban J connectivity index is 1.81. The second-order valence-electron chi connectivity index (χ2n) is 6.19. The molecule has 2 aromatic carbocycles. The van der Waals surface area contributed by atoms with E-state index in [2.05, 4.69) is 35.2 Å². The van der Waals surface area contributed by atoms with Gasteiger partial charge in [-0.05, 0) is 42.0 Å². The molecule has 0 radical (unpaired) electrons. The molecule has 0 bridgehead atoms. The number of benzene rings is 2.